The standard InChI is InChI=1S/C8H10F6O2S.C8H14F2O2S.C4H3F7.C4H5F5.C4H8F2.C3H3F5.C3H6F2.C2F6O2S.C2H3F3.C2H5FO2S.C2H3FO2.2C2H5F.C2H3N.C2H6/c1-6(9,10)17(15,16)5-7(11,12)3-2-4-8(5,13)14;1-8(9,10)13(11,12)7-5-3-2-4-6-7;1-2(5,6)3(7,8)4(9,10)11;1-3(6,7)4(8,9)2-5;1-3-4(2,5)6;1-2(4,5)3(6,7)8;1-3(2,4)5;3-1(4,5)2(6,7)11(8,9)10;1-2(3,4)5;1-2-6(3,4)5;1-5-2(3)4;3*1-2-3;1-2/h5H,2-4H2,1H3;7H,2-6H2,1H3;1H3;2H2,1H3;3H2,1-2H3;1H3;1-2H3;;1H3;2H2,1H3;1H3;2*2H2,1H3;1H3;1-2H3. The minimum Gasteiger partial charge on any atom is -0.444 e. The zero-order valence-corrected chi connectivity index (χ0v) is 61.7. The van der Waals surface area contributed by atoms with Gasteiger partial charge in [0.25, 0.3) is 11.8 Å². The second kappa shape index (κ2) is 52.9. The molecule has 0 radical (unpaired) electrons. The average molecular weight is 1780 g/mol. The molecule has 0 aromatic carbocycles. The van der Waals surface area contributed by atoms with E-state index in [2.05, 4.69) is 4.74 Å². The third kappa shape index (κ3) is 71.9. The highest BCUT2D eigenvalue weighted by atomic mass is 32.3. The Morgan fingerprint density at radius 2 is 0.701 bits per heavy atom. The Balaban J connectivity index is -0.0000000830. The van der Waals surface area contributed by atoms with Gasteiger partial charge in [-0.3, -0.25) is 8.78 Å². The van der Waals surface area contributed by atoms with Crippen LogP contribution in [0.25, 0.3) is 0 Å². The quantitative estimate of drug-likeness (QED) is 0.150. The zero-order chi connectivity index (χ0) is 91.3. The van der Waals surface area contributed by atoms with Crippen molar-refractivity contribution in [3.8, 4) is 6.07 Å². The SMILES string of the molecule is CC.CC#N.CC(C)(F)F.CC(F)(F)C(F)(F)C(F)(F)F.CC(F)(F)C(F)(F)CF.CC(F)(F)C(F)(F)F.CC(F)(F)F.CC(F)(F)S(=O)(=O)C1C(F)(F)CCCC1(F)F.CC(F)(F)S(=O)(=O)C1CCCCC1.CCC(C)(F)F.CCF.CCF.CCS(=O)(=O)F.COC(=O)F.O=S(=O)(F)C(F)(F)C(F)(F)F. The van der Waals surface area contributed by atoms with Gasteiger partial charge in [-0.1, -0.05) is 43.9 Å². The van der Waals surface area contributed by atoms with Crippen LogP contribution in [0.5, 0.6) is 0 Å². The summed E-state index contributed by atoms with van der Waals surface area (Å²) in [6.45, 7) is 10.6. The van der Waals surface area contributed by atoms with Gasteiger partial charge in [-0.25, -0.2) is 69.9 Å². The molecule has 11 nitrogen and oxygen atoms in total. The predicted molar refractivity (Wildman–Crippen MR) is 303 cm³/mol. The number of hydrogen-bond donors (Lipinski definition) is 0. The molecule has 2 rings (SSSR count). The highest BCUT2D eigenvalue weighted by molar-refractivity contribution is 7.93. The van der Waals surface area contributed by atoms with Crippen molar-refractivity contribution in [3.05, 3.63) is 0 Å². The summed E-state index contributed by atoms with van der Waals surface area (Å²) in [6, 6.07) is 1.75. The Kier molecular flexibility index (Phi) is 65.4. The maximum absolute atomic E-state index is 13.2. The summed E-state index contributed by atoms with van der Waals surface area (Å²) in [5.74, 6) is -38.5. The van der Waals surface area contributed by atoms with E-state index in [0.29, 0.717) is 19.8 Å². The van der Waals surface area contributed by atoms with E-state index >= 15 is 0 Å². The van der Waals surface area contributed by atoms with Gasteiger partial charge in [0.05, 0.1) is 37.5 Å². The lowest BCUT2D eigenvalue weighted by Gasteiger charge is -2.37. The molecule has 0 amide bonds. The van der Waals surface area contributed by atoms with Crippen molar-refractivity contribution < 1.29 is 227 Å². The predicted octanol–water partition coefficient (Wildman–Crippen LogP) is 23.7. The van der Waals surface area contributed by atoms with Gasteiger partial charge in [-0.05, 0) is 60.8 Å². The Bertz CT molecular complexity index is 2690. The number of carbonyl (C=O) groups excluding carboxylic acids is 1. The molecule has 0 heterocycles. The first kappa shape index (κ1) is 132. The number of alkyl halides is 39. The molecule has 0 spiro atoms. The summed E-state index contributed by atoms with van der Waals surface area (Å²) in [5, 5.41) is -11.7. The van der Waals surface area contributed by atoms with E-state index in [0.717, 1.165) is 47.1 Å². The minimum absolute atomic E-state index is 0.0213. The van der Waals surface area contributed by atoms with Gasteiger partial charge in [-0.15, -0.1) is 8.28 Å². The normalized spacial score (nSPS) is 15.3. The van der Waals surface area contributed by atoms with E-state index < -0.39 is 189 Å². The van der Waals surface area contributed by atoms with Gasteiger partial charge in [0.15, 0.2) is 11.9 Å². The highest BCUT2D eigenvalue weighted by Gasteiger charge is 2.71. The first-order chi connectivity index (χ1) is 45.9. The lowest BCUT2D eigenvalue weighted by molar-refractivity contribution is -0.349. The van der Waals surface area contributed by atoms with Gasteiger partial charge in [0.2, 0.25) is 31.5 Å². The van der Waals surface area contributed by atoms with Crippen molar-refractivity contribution in [2.75, 3.05) is 32.9 Å². The lowest BCUT2D eigenvalue weighted by atomic mass is 9.93. The van der Waals surface area contributed by atoms with E-state index in [1.165, 1.54) is 34.6 Å². The number of hydrogen-bond acceptors (Lipinski definition) is 11. The molecule has 2 fully saturated rings. The molecular formula is C50H79F42NO10S4. The molecule has 662 valence electrons. The second-order valence-electron chi connectivity index (χ2n) is 19.8. The van der Waals surface area contributed by atoms with Crippen molar-refractivity contribution in [2.45, 2.75) is 273 Å². The van der Waals surface area contributed by atoms with Crippen LogP contribution >= 0.6 is 0 Å². The highest BCUT2D eigenvalue weighted by Crippen LogP contribution is 2.50. The number of rotatable bonds is 10. The van der Waals surface area contributed by atoms with Crippen LogP contribution in [0.2, 0.25) is 0 Å². The number of halogens is 42. The van der Waals surface area contributed by atoms with Crippen LogP contribution in [0.3, 0.4) is 0 Å². The Morgan fingerprint density at radius 1 is 0.477 bits per heavy atom. The van der Waals surface area contributed by atoms with E-state index in [9.17, 15) is 209 Å². The maximum atomic E-state index is 13.2. The minimum atomic E-state index is -6.92. The molecular weight excluding hydrogens is 1700 g/mol. The van der Waals surface area contributed by atoms with Crippen LogP contribution in [0, 0.1) is 11.3 Å². The molecule has 107 heavy (non-hydrogen) atoms. The van der Waals surface area contributed by atoms with Gasteiger partial charge in [-0.2, -0.15) is 136 Å². The lowest BCUT2D eigenvalue weighted by Crippen LogP contribution is -2.58. The van der Waals surface area contributed by atoms with Crippen LogP contribution in [0.15, 0.2) is 0 Å². The summed E-state index contributed by atoms with van der Waals surface area (Å²) in [4.78, 5) is 8.92. The van der Waals surface area contributed by atoms with Gasteiger partial charge in [0, 0.05) is 67.7 Å². The fourth-order valence-electron chi connectivity index (χ4n) is 3.96. The van der Waals surface area contributed by atoms with Crippen LogP contribution < -0.4 is 0 Å². The molecule has 57 heteroatoms. The summed E-state index contributed by atoms with van der Waals surface area (Å²) in [5.41, 5.74) is 0. The van der Waals surface area contributed by atoms with Gasteiger partial charge >= 0.3 is 96.8 Å². The molecule has 0 saturated heterocycles. The fraction of sp³-hybridized carbons (Fsp3) is 0.960. The molecule has 0 unspecified atom stereocenters. The Morgan fingerprint density at radius 3 is 0.794 bits per heavy atom. The molecule has 2 aliphatic carbocycles. The first-order valence-corrected chi connectivity index (χ1v) is 33.8. The summed E-state index contributed by atoms with van der Waals surface area (Å²) in [7, 11) is -20.3. The molecule has 0 atom stereocenters. The van der Waals surface area contributed by atoms with Crippen LogP contribution in [-0.4, -0.2) is 177 Å². The van der Waals surface area contributed by atoms with E-state index in [4.69, 9.17) is 18.5 Å². The fourth-order valence-corrected chi connectivity index (χ4v) is 7.34. The van der Waals surface area contributed by atoms with Crippen LogP contribution in [0.4, 0.5) is 188 Å². The van der Waals surface area contributed by atoms with Crippen molar-refractivity contribution in [1.29, 1.82) is 5.26 Å². The van der Waals surface area contributed by atoms with E-state index in [1.807, 2.05) is 13.8 Å². The summed E-state index contributed by atoms with van der Waals surface area (Å²) >= 11 is 0. The van der Waals surface area contributed by atoms with Gasteiger partial charge in [0.1, 0.15) is 0 Å². The number of nitriles is 1. The van der Waals surface area contributed by atoms with Crippen LogP contribution in [-0.2, 0) is 44.9 Å². The average Bonchev–Trinajstić information content (AvgIpc) is 0.736. The number of methoxy groups -OCH3 is 1. The Hall–Kier alpha value is -4.18. The second-order valence-corrected chi connectivity index (χ2v) is 27.6. The van der Waals surface area contributed by atoms with Crippen molar-refractivity contribution >= 4 is 46.3 Å². The molecule has 2 aliphatic rings. The van der Waals surface area contributed by atoms with Crippen molar-refractivity contribution in [2.24, 2.45) is 0 Å². The topological polar surface area (TPSA) is 187 Å². The first-order valence-electron chi connectivity index (χ1n) is 27.7. The third-order valence-electron chi connectivity index (χ3n) is 9.07. The number of carbonyl (C=O) groups is 1. The monoisotopic (exact) mass is 1780 g/mol. The van der Waals surface area contributed by atoms with Crippen LogP contribution in [0.1, 0.15) is 169 Å². The molecule has 0 aromatic heterocycles. The van der Waals surface area contributed by atoms with Crippen molar-refractivity contribution in [1.82, 2.24) is 0 Å². The summed E-state index contributed by atoms with van der Waals surface area (Å²) in [6.07, 6.45) is -23.5. The largest absolute Gasteiger partial charge is 0.495 e. The summed E-state index contributed by atoms with van der Waals surface area (Å²) < 4.78 is 565. The smallest absolute Gasteiger partial charge is 0.444 e. The van der Waals surface area contributed by atoms with Crippen molar-refractivity contribution in [3.63, 3.8) is 0 Å². The third-order valence-corrected chi connectivity index (χ3v) is 15.3. The Labute approximate surface area is 588 Å². The number of ether oxygens (including phenoxy) is 1. The zero-order valence-electron chi connectivity index (χ0n) is 58.4. The van der Waals surface area contributed by atoms with E-state index in [-0.39, 0.29) is 47.5 Å². The molecule has 0 aromatic rings. The van der Waals surface area contributed by atoms with E-state index in [1.54, 1.807) is 6.07 Å². The number of nitrogens with zero attached hydrogens (tertiary/aromatic N) is 1. The maximum Gasteiger partial charge on any atom is 0.495 e. The molecule has 0 N–H and O–H groups in total. The van der Waals surface area contributed by atoms with Gasteiger partial charge < -0.3 is 4.74 Å². The molecule has 0 aliphatic heterocycles. The number of sulfone groups is 2. The molecule has 0 bridgehead atoms. The molecule has 2 saturated carbocycles.